The summed E-state index contributed by atoms with van der Waals surface area (Å²) in [6.07, 6.45) is 10.9. The third-order valence-corrected chi connectivity index (χ3v) is 5.18. The molecule has 0 aromatic carbocycles. The van der Waals surface area contributed by atoms with Gasteiger partial charge in [0.2, 0.25) is 0 Å². The minimum Gasteiger partial charge on any atom is -0.466 e. The summed E-state index contributed by atoms with van der Waals surface area (Å²) in [6, 6.07) is 0.534. The second kappa shape index (κ2) is 10.4. The van der Waals surface area contributed by atoms with E-state index in [-0.39, 0.29) is 36.9 Å². The van der Waals surface area contributed by atoms with Gasteiger partial charge in [-0.2, -0.15) is 0 Å². The molecular weight excluding hydrogens is 320 g/mol. The lowest BCUT2D eigenvalue weighted by atomic mass is 9.89. The Balaban J connectivity index is 1.90. The highest BCUT2D eigenvalue weighted by atomic mass is 16.6. The van der Waals surface area contributed by atoms with Crippen LogP contribution in [0.5, 0.6) is 0 Å². The average molecular weight is 352 g/mol. The molecule has 0 aromatic heterocycles. The molecule has 0 aliphatic heterocycles. The Hall–Kier alpha value is -1.59. The molecule has 2 aliphatic carbocycles. The Bertz CT molecular complexity index is 436. The summed E-state index contributed by atoms with van der Waals surface area (Å²) in [4.78, 5) is 26.1. The van der Waals surface area contributed by atoms with Crippen LogP contribution in [0.25, 0.3) is 0 Å². The van der Waals surface area contributed by atoms with Gasteiger partial charge in [-0.15, -0.1) is 0 Å². The van der Waals surface area contributed by atoms with Gasteiger partial charge in [0.1, 0.15) is 6.61 Å². The average Bonchev–Trinajstić information content (AvgIpc) is 2.62. The molecule has 0 aromatic rings. The number of rotatable bonds is 7. The summed E-state index contributed by atoms with van der Waals surface area (Å²) >= 11 is 0. The predicted octanol–water partition coefficient (Wildman–Crippen LogP) is 4.06. The van der Waals surface area contributed by atoms with Crippen molar-refractivity contribution in [1.82, 2.24) is 4.90 Å². The zero-order valence-electron chi connectivity index (χ0n) is 15.4. The lowest BCUT2D eigenvalue weighted by molar-refractivity contribution is -0.141. The van der Waals surface area contributed by atoms with E-state index in [2.05, 4.69) is 0 Å². The van der Waals surface area contributed by atoms with E-state index >= 15 is 0 Å². The largest absolute Gasteiger partial charge is 0.466 e. The Kier molecular flexibility index (Phi) is 8.22. The molecule has 0 spiro atoms. The van der Waals surface area contributed by atoms with Gasteiger partial charge in [0.25, 0.3) is 0 Å². The van der Waals surface area contributed by atoms with Gasteiger partial charge < -0.3 is 19.8 Å². The molecule has 6 heteroatoms. The van der Waals surface area contributed by atoms with E-state index in [4.69, 9.17) is 14.9 Å². The topological polar surface area (TPSA) is 79.7 Å². The molecule has 6 nitrogen and oxygen atoms in total. The normalized spacial score (nSPS) is 19.2. The van der Waals surface area contributed by atoms with Crippen molar-refractivity contribution in [3.8, 4) is 0 Å². The van der Waals surface area contributed by atoms with E-state index in [0.29, 0.717) is 6.61 Å². The van der Waals surface area contributed by atoms with Crippen LogP contribution in [0.1, 0.15) is 77.6 Å². The number of esters is 1. The number of ether oxygens (including phenoxy) is 2. The van der Waals surface area contributed by atoms with E-state index in [1.807, 2.05) is 4.90 Å². The maximum absolute atomic E-state index is 12.7. The molecule has 0 heterocycles. The first-order chi connectivity index (χ1) is 12.1. The summed E-state index contributed by atoms with van der Waals surface area (Å²) in [6.45, 7) is 1.89. The molecule has 2 aliphatic rings. The molecule has 1 amide bonds. The van der Waals surface area contributed by atoms with Crippen molar-refractivity contribution < 1.29 is 19.1 Å². The first-order valence-electron chi connectivity index (χ1n) is 9.78. The Labute approximate surface area is 150 Å². The van der Waals surface area contributed by atoms with Crippen LogP contribution in [0.2, 0.25) is 0 Å². The number of hydrogen-bond acceptors (Lipinski definition) is 5. The smallest absolute Gasteiger partial charge is 0.410 e. The van der Waals surface area contributed by atoms with Crippen LogP contribution in [-0.2, 0) is 14.3 Å². The van der Waals surface area contributed by atoms with Crippen LogP contribution in [-0.4, -0.2) is 48.0 Å². The second-order valence-electron chi connectivity index (χ2n) is 7.13. The van der Waals surface area contributed by atoms with Gasteiger partial charge in [0, 0.05) is 12.1 Å². The van der Waals surface area contributed by atoms with Crippen molar-refractivity contribution in [3.63, 3.8) is 0 Å². The molecule has 2 fully saturated rings. The van der Waals surface area contributed by atoms with Crippen molar-refractivity contribution >= 4 is 17.8 Å². The molecule has 25 heavy (non-hydrogen) atoms. The van der Waals surface area contributed by atoms with E-state index in [0.717, 1.165) is 25.7 Å². The molecule has 1 N–H and O–H groups in total. The van der Waals surface area contributed by atoms with Crippen LogP contribution in [0.4, 0.5) is 4.79 Å². The summed E-state index contributed by atoms with van der Waals surface area (Å²) in [5.74, 6) is -0.444. The van der Waals surface area contributed by atoms with Crippen molar-refractivity contribution in [1.29, 1.82) is 5.41 Å². The molecular formula is C19H32N2O4. The highest BCUT2D eigenvalue weighted by molar-refractivity contribution is 5.98. The molecule has 2 rings (SSSR count). The van der Waals surface area contributed by atoms with Gasteiger partial charge in [0.15, 0.2) is 0 Å². The highest BCUT2D eigenvalue weighted by Crippen LogP contribution is 2.30. The third kappa shape index (κ3) is 6.33. The van der Waals surface area contributed by atoms with Gasteiger partial charge >= 0.3 is 12.1 Å². The molecule has 0 unspecified atom stereocenters. The number of amides is 1. The first kappa shape index (κ1) is 19.7. The lowest BCUT2D eigenvalue weighted by Gasteiger charge is -2.40. The minimum atomic E-state index is -0.444. The van der Waals surface area contributed by atoms with Crippen molar-refractivity contribution in [2.75, 3.05) is 13.2 Å². The van der Waals surface area contributed by atoms with Crippen LogP contribution >= 0.6 is 0 Å². The van der Waals surface area contributed by atoms with Gasteiger partial charge in [-0.25, -0.2) is 4.79 Å². The number of hydrogen-bond donors (Lipinski definition) is 1. The standard InChI is InChI=1S/C19H32N2O4/c1-2-24-18(22)13-15(20)14-25-19(23)21(16-9-5-3-6-10-16)17-11-7-4-8-12-17/h16-17,20H,2-14H2,1H3. The number of carbonyl (C=O) groups is 2. The Morgan fingerprint density at radius 2 is 1.44 bits per heavy atom. The fourth-order valence-corrected chi connectivity index (χ4v) is 3.98. The van der Waals surface area contributed by atoms with Crippen molar-refractivity contribution in [2.24, 2.45) is 0 Å². The maximum Gasteiger partial charge on any atom is 0.410 e. The second-order valence-corrected chi connectivity index (χ2v) is 7.13. The van der Waals surface area contributed by atoms with Crippen LogP contribution < -0.4 is 0 Å². The van der Waals surface area contributed by atoms with Crippen LogP contribution in [0.15, 0.2) is 0 Å². The van der Waals surface area contributed by atoms with E-state index < -0.39 is 5.97 Å². The Morgan fingerprint density at radius 3 is 1.92 bits per heavy atom. The molecule has 2 saturated carbocycles. The third-order valence-electron chi connectivity index (χ3n) is 5.18. The van der Waals surface area contributed by atoms with E-state index in [9.17, 15) is 9.59 Å². The monoisotopic (exact) mass is 352 g/mol. The summed E-state index contributed by atoms with van der Waals surface area (Å²) in [5, 5.41) is 7.82. The molecule has 0 atom stereocenters. The minimum absolute atomic E-state index is 0.0824. The van der Waals surface area contributed by atoms with E-state index in [1.54, 1.807) is 6.92 Å². The fourth-order valence-electron chi connectivity index (χ4n) is 3.98. The molecule has 0 bridgehead atoms. The summed E-state index contributed by atoms with van der Waals surface area (Å²) in [7, 11) is 0. The quantitative estimate of drug-likeness (QED) is 0.553. The van der Waals surface area contributed by atoms with Crippen molar-refractivity contribution in [2.45, 2.75) is 89.6 Å². The van der Waals surface area contributed by atoms with Gasteiger partial charge in [0.05, 0.1) is 18.7 Å². The zero-order valence-corrected chi connectivity index (χ0v) is 15.4. The Morgan fingerprint density at radius 1 is 0.920 bits per heavy atom. The van der Waals surface area contributed by atoms with Gasteiger partial charge in [-0.3, -0.25) is 4.79 Å². The highest BCUT2D eigenvalue weighted by Gasteiger charge is 2.33. The predicted molar refractivity (Wildman–Crippen MR) is 95.9 cm³/mol. The fraction of sp³-hybridized carbons (Fsp3) is 0.842. The van der Waals surface area contributed by atoms with E-state index in [1.165, 1.54) is 38.5 Å². The number of carbonyl (C=O) groups excluding carboxylic acids is 2. The molecule has 0 radical (unpaired) electrons. The first-order valence-corrected chi connectivity index (χ1v) is 9.78. The SMILES string of the molecule is CCOC(=O)CC(=N)COC(=O)N(C1CCCCC1)C1CCCCC1. The zero-order chi connectivity index (χ0) is 18.1. The van der Waals surface area contributed by atoms with Gasteiger partial charge in [-0.1, -0.05) is 38.5 Å². The van der Waals surface area contributed by atoms with Crippen LogP contribution in [0.3, 0.4) is 0 Å². The summed E-state index contributed by atoms with van der Waals surface area (Å²) in [5.41, 5.74) is 0.0824. The molecule has 142 valence electrons. The number of nitrogens with one attached hydrogen (secondary N) is 1. The maximum atomic E-state index is 12.7. The summed E-state index contributed by atoms with van der Waals surface area (Å²) < 4.78 is 10.2. The lowest BCUT2D eigenvalue weighted by Crippen LogP contribution is -2.49. The van der Waals surface area contributed by atoms with Gasteiger partial charge in [-0.05, 0) is 32.6 Å². The van der Waals surface area contributed by atoms with Crippen molar-refractivity contribution in [3.05, 3.63) is 0 Å². The molecule has 0 saturated heterocycles. The van der Waals surface area contributed by atoms with Crippen LogP contribution in [0, 0.1) is 5.41 Å². The number of nitrogens with zero attached hydrogens (tertiary/aromatic N) is 1.